The van der Waals surface area contributed by atoms with Gasteiger partial charge in [0.2, 0.25) is 0 Å². The van der Waals surface area contributed by atoms with E-state index in [4.69, 9.17) is 11.6 Å². The van der Waals surface area contributed by atoms with Gasteiger partial charge >= 0.3 is 0 Å². The molecule has 1 fully saturated rings. The SMILES string of the molecule is CC(Cl)c1nc2cc(I)c(F)cc2n1C1CC1(C)C. The van der Waals surface area contributed by atoms with Gasteiger partial charge in [0.05, 0.1) is 20.0 Å². The standard InChI is InChI=1S/C14H15ClFIN2/c1-7(15)13-18-10-5-9(17)8(16)4-11(10)19(13)12-6-14(12,2)3/h4-5,7,12H,6H2,1-3H3. The molecule has 0 spiro atoms. The molecule has 1 aliphatic carbocycles. The fourth-order valence-electron chi connectivity index (χ4n) is 2.60. The number of hydrogen-bond acceptors (Lipinski definition) is 1. The highest BCUT2D eigenvalue weighted by atomic mass is 127. The van der Waals surface area contributed by atoms with Crippen molar-refractivity contribution in [3.8, 4) is 0 Å². The second-order valence-electron chi connectivity index (χ2n) is 5.92. The van der Waals surface area contributed by atoms with Crippen LogP contribution in [0.1, 0.15) is 44.4 Å². The minimum Gasteiger partial charge on any atom is -0.323 e. The van der Waals surface area contributed by atoms with Crippen LogP contribution in [0.4, 0.5) is 4.39 Å². The van der Waals surface area contributed by atoms with Crippen molar-refractivity contribution in [1.82, 2.24) is 9.55 Å². The fraction of sp³-hybridized carbons (Fsp3) is 0.500. The van der Waals surface area contributed by atoms with Crippen LogP contribution >= 0.6 is 34.2 Å². The Morgan fingerprint density at radius 2 is 2.16 bits per heavy atom. The van der Waals surface area contributed by atoms with E-state index in [9.17, 15) is 4.39 Å². The predicted octanol–water partition coefficient (Wildman–Crippen LogP) is 5.05. The number of rotatable bonds is 2. The molecule has 19 heavy (non-hydrogen) atoms. The molecule has 2 unspecified atom stereocenters. The zero-order valence-electron chi connectivity index (χ0n) is 11.0. The summed E-state index contributed by atoms with van der Waals surface area (Å²) in [5.41, 5.74) is 1.93. The Bertz CT molecular complexity index is 663. The first-order valence-corrected chi connectivity index (χ1v) is 7.84. The molecule has 3 rings (SSSR count). The lowest BCUT2D eigenvalue weighted by Crippen LogP contribution is -2.06. The van der Waals surface area contributed by atoms with Crippen LogP contribution in [-0.2, 0) is 0 Å². The summed E-state index contributed by atoms with van der Waals surface area (Å²) in [5.74, 6) is 0.648. The van der Waals surface area contributed by atoms with Crippen LogP contribution in [0.25, 0.3) is 11.0 Å². The number of nitrogens with zero attached hydrogens (tertiary/aromatic N) is 2. The van der Waals surface area contributed by atoms with E-state index >= 15 is 0 Å². The number of halogens is 3. The smallest absolute Gasteiger partial charge is 0.138 e. The van der Waals surface area contributed by atoms with Crippen molar-refractivity contribution in [2.45, 2.75) is 38.6 Å². The molecule has 2 nitrogen and oxygen atoms in total. The quantitative estimate of drug-likeness (QED) is 0.516. The molecule has 0 N–H and O–H groups in total. The second-order valence-corrected chi connectivity index (χ2v) is 7.74. The Hall–Kier alpha value is -0.360. The zero-order chi connectivity index (χ0) is 13.9. The molecule has 0 saturated heterocycles. The summed E-state index contributed by atoms with van der Waals surface area (Å²) >= 11 is 8.24. The molecule has 0 amide bonds. The summed E-state index contributed by atoms with van der Waals surface area (Å²) in [6, 6.07) is 3.74. The average Bonchev–Trinajstić information content (AvgIpc) is 2.77. The van der Waals surface area contributed by atoms with Crippen molar-refractivity contribution in [3.05, 3.63) is 27.3 Å². The third-order valence-corrected chi connectivity index (χ3v) is 4.91. The van der Waals surface area contributed by atoms with E-state index in [1.807, 2.05) is 29.5 Å². The maximum Gasteiger partial charge on any atom is 0.138 e. The van der Waals surface area contributed by atoms with Crippen LogP contribution in [0.5, 0.6) is 0 Å². The maximum atomic E-state index is 13.8. The van der Waals surface area contributed by atoms with Crippen molar-refractivity contribution in [2.24, 2.45) is 5.41 Å². The fourth-order valence-corrected chi connectivity index (χ4v) is 3.20. The number of fused-ring (bicyclic) bond motifs is 1. The number of benzene rings is 1. The number of aromatic nitrogens is 2. The minimum atomic E-state index is -0.193. The first kappa shape index (κ1) is 13.6. The van der Waals surface area contributed by atoms with Crippen LogP contribution in [-0.4, -0.2) is 9.55 Å². The van der Waals surface area contributed by atoms with Crippen molar-refractivity contribution in [1.29, 1.82) is 0 Å². The maximum absolute atomic E-state index is 13.8. The Morgan fingerprint density at radius 1 is 1.53 bits per heavy atom. The van der Waals surface area contributed by atoms with Gasteiger partial charge in [-0.05, 0) is 47.4 Å². The predicted molar refractivity (Wildman–Crippen MR) is 84.1 cm³/mol. The molecule has 102 valence electrons. The van der Waals surface area contributed by atoms with Gasteiger partial charge in [-0.25, -0.2) is 9.37 Å². The molecular weight excluding hydrogens is 378 g/mol. The first-order valence-electron chi connectivity index (χ1n) is 6.32. The topological polar surface area (TPSA) is 17.8 Å². The van der Waals surface area contributed by atoms with Gasteiger partial charge in [0.15, 0.2) is 0 Å². The lowest BCUT2D eigenvalue weighted by Gasteiger charge is -2.12. The minimum absolute atomic E-state index is 0.176. The van der Waals surface area contributed by atoms with Crippen molar-refractivity contribution < 1.29 is 4.39 Å². The monoisotopic (exact) mass is 392 g/mol. The Kier molecular flexibility index (Phi) is 3.09. The third-order valence-electron chi connectivity index (χ3n) is 3.89. The van der Waals surface area contributed by atoms with E-state index in [0.717, 1.165) is 23.3 Å². The molecule has 5 heteroatoms. The molecule has 0 aliphatic heterocycles. The molecule has 0 bridgehead atoms. The van der Waals surface area contributed by atoms with Gasteiger partial charge in [-0.3, -0.25) is 0 Å². The summed E-state index contributed by atoms with van der Waals surface area (Å²) in [7, 11) is 0. The lowest BCUT2D eigenvalue weighted by atomic mass is 10.2. The highest BCUT2D eigenvalue weighted by Crippen LogP contribution is 2.57. The van der Waals surface area contributed by atoms with Gasteiger partial charge in [-0.2, -0.15) is 0 Å². The molecule has 2 aromatic rings. The third kappa shape index (κ3) is 2.17. The first-order chi connectivity index (χ1) is 8.81. The van der Waals surface area contributed by atoms with Crippen LogP contribution in [0.3, 0.4) is 0 Å². The van der Waals surface area contributed by atoms with Crippen LogP contribution in [0.2, 0.25) is 0 Å². The van der Waals surface area contributed by atoms with Crippen LogP contribution in [0, 0.1) is 14.8 Å². The second kappa shape index (κ2) is 4.32. The number of hydrogen-bond donors (Lipinski definition) is 0. The van der Waals surface area contributed by atoms with Gasteiger partial charge < -0.3 is 4.57 Å². The zero-order valence-corrected chi connectivity index (χ0v) is 14.0. The summed E-state index contributed by atoms with van der Waals surface area (Å²) in [4.78, 5) is 4.60. The Morgan fingerprint density at radius 3 is 2.68 bits per heavy atom. The number of imidazole rings is 1. The molecule has 1 saturated carbocycles. The normalized spacial score (nSPS) is 22.7. The van der Waals surface area contributed by atoms with Gasteiger partial charge in [-0.1, -0.05) is 13.8 Å². The molecule has 1 heterocycles. The summed E-state index contributed by atoms with van der Waals surface area (Å²) < 4.78 is 16.6. The number of alkyl halides is 1. The van der Waals surface area contributed by atoms with Crippen LogP contribution < -0.4 is 0 Å². The molecule has 1 aromatic heterocycles. The molecule has 0 radical (unpaired) electrons. The molecule has 1 aliphatic rings. The molecular formula is C14H15ClFIN2. The van der Waals surface area contributed by atoms with Crippen molar-refractivity contribution in [2.75, 3.05) is 0 Å². The molecule has 2 atom stereocenters. The lowest BCUT2D eigenvalue weighted by molar-refractivity contribution is 0.534. The molecule has 1 aromatic carbocycles. The largest absolute Gasteiger partial charge is 0.323 e. The summed E-state index contributed by atoms with van der Waals surface area (Å²) in [6.45, 7) is 6.35. The van der Waals surface area contributed by atoms with Gasteiger partial charge in [0.25, 0.3) is 0 Å². The summed E-state index contributed by atoms with van der Waals surface area (Å²) in [5, 5.41) is -0.176. The van der Waals surface area contributed by atoms with E-state index in [0.29, 0.717) is 9.61 Å². The van der Waals surface area contributed by atoms with Gasteiger partial charge in [0, 0.05) is 12.1 Å². The van der Waals surface area contributed by atoms with E-state index < -0.39 is 0 Å². The summed E-state index contributed by atoms with van der Waals surface area (Å²) in [6.07, 6.45) is 1.09. The van der Waals surface area contributed by atoms with Crippen molar-refractivity contribution in [3.63, 3.8) is 0 Å². The van der Waals surface area contributed by atoms with E-state index in [1.54, 1.807) is 12.1 Å². The highest BCUT2D eigenvalue weighted by molar-refractivity contribution is 14.1. The van der Waals surface area contributed by atoms with E-state index in [2.05, 4.69) is 23.4 Å². The van der Waals surface area contributed by atoms with Gasteiger partial charge in [-0.15, -0.1) is 11.6 Å². The Labute approximate surface area is 130 Å². The van der Waals surface area contributed by atoms with Crippen molar-refractivity contribution >= 4 is 45.2 Å². The Balaban J connectivity index is 2.27. The van der Waals surface area contributed by atoms with E-state index in [-0.39, 0.29) is 16.6 Å². The van der Waals surface area contributed by atoms with E-state index in [1.165, 1.54) is 0 Å². The van der Waals surface area contributed by atoms with Crippen LogP contribution in [0.15, 0.2) is 12.1 Å². The highest BCUT2D eigenvalue weighted by Gasteiger charge is 2.48. The van der Waals surface area contributed by atoms with Gasteiger partial charge in [0.1, 0.15) is 11.6 Å². The average molecular weight is 393 g/mol.